The van der Waals surface area contributed by atoms with Crippen LogP contribution in [0.2, 0.25) is 0 Å². The average molecular weight is 287 g/mol. The van der Waals surface area contributed by atoms with E-state index in [1.54, 1.807) is 18.6 Å². The SMILES string of the molecule is CNC(=O)c1csc(-c2cnc3[nH]ccc3c2NC)n1. The molecule has 0 aliphatic heterocycles. The number of anilines is 1. The number of hydrogen-bond donors (Lipinski definition) is 3. The molecule has 0 fully saturated rings. The van der Waals surface area contributed by atoms with Gasteiger partial charge in [0.2, 0.25) is 0 Å². The number of H-pyrrole nitrogens is 1. The minimum absolute atomic E-state index is 0.186. The van der Waals surface area contributed by atoms with Crippen molar-refractivity contribution in [3.63, 3.8) is 0 Å². The van der Waals surface area contributed by atoms with E-state index in [0.29, 0.717) is 5.69 Å². The number of rotatable bonds is 3. The maximum atomic E-state index is 11.6. The largest absolute Gasteiger partial charge is 0.387 e. The first-order valence-corrected chi connectivity index (χ1v) is 6.94. The molecule has 0 saturated heterocycles. The van der Waals surface area contributed by atoms with Gasteiger partial charge in [-0.3, -0.25) is 4.79 Å². The second kappa shape index (κ2) is 4.93. The summed E-state index contributed by atoms with van der Waals surface area (Å²) in [6.07, 6.45) is 3.61. The highest BCUT2D eigenvalue weighted by molar-refractivity contribution is 7.13. The Morgan fingerprint density at radius 3 is 3.00 bits per heavy atom. The van der Waals surface area contributed by atoms with Gasteiger partial charge in [0, 0.05) is 37.3 Å². The maximum Gasteiger partial charge on any atom is 0.270 e. The van der Waals surface area contributed by atoms with E-state index in [4.69, 9.17) is 0 Å². The molecule has 0 spiro atoms. The minimum atomic E-state index is -0.186. The number of aromatic nitrogens is 3. The van der Waals surface area contributed by atoms with E-state index in [2.05, 4.69) is 25.6 Å². The third-order valence-corrected chi connectivity index (χ3v) is 3.91. The lowest BCUT2D eigenvalue weighted by atomic mass is 10.2. The molecule has 0 bridgehead atoms. The summed E-state index contributed by atoms with van der Waals surface area (Å²) in [5.41, 5.74) is 3.08. The van der Waals surface area contributed by atoms with Crippen LogP contribution in [0.25, 0.3) is 21.6 Å². The van der Waals surface area contributed by atoms with Gasteiger partial charge in [-0.2, -0.15) is 0 Å². The van der Waals surface area contributed by atoms with Crippen LogP contribution in [0.15, 0.2) is 23.8 Å². The minimum Gasteiger partial charge on any atom is -0.387 e. The lowest BCUT2D eigenvalue weighted by Crippen LogP contribution is -2.17. The highest BCUT2D eigenvalue weighted by Crippen LogP contribution is 2.34. The number of hydrogen-bond acceptors (Lipinski definition) is 5. The molecular formula is C13H13N5OS. The van der Waals surface area contributed by atoms with Crippen LogP contribution in [0, 0.1) is 0 Å². The fourth-order valence-electron chi connectivity index (χ4n) is 2.07. The van der Waals surface area contributed by atoms with E-state index in [-0.39, 0.29) is 5.91 Å². The van der Waals surface area contributed by atoms with Gasteiger partial charge >= 0.3 is 0 Å². The number of fused-ring (bicyclic) bond motifs is 1. The molecule has 3 aromatic rings. The van der Waals surface area contributed by atoms with Crippen LogP contribution in [-0.2, 0) is 0 Å². The zero-order valence-corrected chi connectivity index (χ0v) is 11.8. The van der Waals surface area contributed by atoms with Crippen molar-refractivity contribution in [2.75, 3.05) is 19.4 Å². The Morgan fingerprint density at radius 2 is 2.25 bits per heavy atom. The van der Waals surface area contributed by atoms with Gasteiger partial charge in [-0.25, -0.2) is 9.97 Å². The van der Waals surface area contributed by atoms with E-state index in [0.717, 1.165) is 27.3 Å². The number of pyridine rings is 1. The molecular weight excluding hydrogens is 274 g/mol. The smallest absolute Gasteiger partial charge is 0.270 e. The summed E-state index contributed by atoms with van der Waals surface area (Å²) in [6, 6.07) is 1.96. The third kappa shape index (κ3) is 1.92. The number of thiazole rings is 1. The van der Waals surface area contributed by atoms with Crippen LogP contribution >= 0.6 is 11.3 Å². The fraction of sp³-hybridized carbons (Fsp3) is 0.154. The van der Waals surface area contributed by atoms with Crippen molar-refractivity contribution < 1.29 is 4.79 Å². The monoisotopic (exact) mass is 287 g/mol. The molecule has 0 radical (unpaired) electrons. The van der Waals surface area contributed by atoms with Crippen LogP contribution in [0.1, 0.15) is 10.5 Å². The van der Waals surface area contributed by atoms with Crippen molar-refractivity contribution >= 4 is 34.0 Å². The van der Waals surface area contributed by atoms with Crippen LogP contribution in [-0.4, -0.2) is 35.0 Å². The first kappa shape index (κ1) is 12.6. The van der Waals surface area contributed by atoms with Crippen molar-refractivity contribution in [3.8, 4) is 10.6 Å². The summed E-state index contributed by atoms with van der Waals surface area (Å²) in [4.78, 5) is 23.4. The second-order valence-electron chi connectivity index (χ2n) is 4.15. The zero-order chi connectivity index (χ0) is 14.1. The summed E-state index contributed by atoms with van der Waals surface area (Å²) in [5.74, 6) is -0.186. The van der Waals surface area contributed by atoms with Gasteiger partial charge in [-0.05, 0) is 6.07 Å². The van der Waals surface area contributed by atoms with Gasteiger partial charge < -0.3 is 15.6 Å². The van der Waals surface area contributed by atoms with Crippen LogP contribution in [0.3, 0.4) is 0 Å². The second-order valence-corrected chi connectivity index (χ2v) is 5.01. The first-order valence-electron chi connectivity index (χ1n) is 6.06. The molecule has 0 unspecified atom stereocenters. The highest BCUT2D eigenvalue weighted by Gasteiger charge is 2.15. The highest BCUT2D eigenvalue weighted by atomic mass is 32.1. The molecule has 102 valence electrons. The van der Waals surface area contributed by atoms with E-state index < -0.39 is 0 Å². The summed E-state index contributed by atoms with van der Waals surface area (Å²) < 4.78 is 0. The van der Waals surface area contributed by atoms with Gasteiger partial charge in [0.05, 0.1) is 11.3 Å². The zero-order valence-electron chi connectivity index (χ0n) is 11.0. The third-order valence-electron chi connectivity index (χ3n) is 3.03. The van der Waals surface area contributed by atoms with Crippen LogP contribution in [0.4, 0.5) is 5.69 Å². The van der Waals surface area contributed by atoms with Crippen molar-refractivity contribution in [1.82, 2.24) is 20.3 Å². The standard InChI is InChI=1S/C13H13N5OS/c1-14-10-7-3-4-16-11(7)17-5-8(10)13-18-9(6-20-13)12(19)15-2/h3-6H,1-2H3,(H,15,19)(H2,14,16,17). The molecule has 3 aromatic heterocycles. The Kier molecular flexibility index (Phi) is 3.11. The molecule has 20 heavy (non-hydrogen) atoms. The molecule has 0 aliphatic rings. The first-order chi connectivity index (χ1) is 9.74. The van der Waals surface area contributed by atoms with Gasteiger partial charge in [0.15, 0.2) is 0 Å². The predicted octanol–water partition coefficient (Wildman–Crippen LogP) is 2.09. The Bertz CT molecular complexity index is 776. The Balaban J connectivity index is 2.13. The van der Waals surface area contributed by atoms with E-state index in [9.17, 15) is 4.79 Å². The molecule has 0 aliphatic carbocycles. The Hall–Kier alpha value is -2.41. The van der Waals surface area contributed by atoms with E-state index in [1.807, 2.05) is 19.3 Å². The lowest BCUT2D eigenvalue weighted by Gasteiger charge is -2.07. The molecule has 0 aromatic carbocycles. The summed E-state index contributed by atoms with van der Waals surface area (Å²) in [6.45, 7) is 0. The van der Waals surface area contributed by atoms with E-state index in [1.165, 1.54) is 11.3 Å². The van der Waals surface area contributed by atoms with Crippen molar-refractivity contribution in [3.05, 3.63) is 29.5 Å². The topological polar surface area (TPSA) is 82.7 Å². The molecule has 0 atom stereocenters. The number of aromatic amines is 1. The molecule has 3 N–H and O–H groups in total. The summed E-state index contributed by atoms with van der Waals surface area (Å²) in [7, 11) is 3.45. The lowest BCUT2D eigenvalue weighted by molar-refractivity contribution is 0.0959. The Labute approximate surface area is 119 Å². The predicted molar refractivity (Wildman–Crippen MR) is 80.1 cm³/mol. The van der Waals surface area contributed by atoms with E-state index >= 15 is 0 Å². The molecule has 3 rings (SSSR count). The van der Waals surface area contributed by atoms with Crippen molar-refractivity contribution in [2.24, 2.45) is 0 Å². The van der Waals surface area contributed by atoms with Gasteiger partial charge in [0.25, 0.3) is 5.91 Å². The van der Waals surface area contributed by atoms with Gasteiger partial charge in [0.1, 0.15) is 16.3 Å². The normalized spacial score (nSPS) is 10.7. The van der Waals surface area contributed by atoms with Crippen LogP contribution < -0.4 is 10.6 Å². The average Bonchev–Trinajstić information content (AvgIpc) is 3.13. The van der Waals surface area contributed by atoms with Gasteiger partial charge in [-0.15, -0.1) is 11.3 Å². The molecule has 6 nitrogen and oxygen atoms in total. The molecule has 1 amide bonds. The number of nitrogens with zero attached hydrogens (tertiary/aromatic N) is 2. The van der Waals surface area contributed by atoms with Crippen molar-refractivity contribution in [2.45, 2.75) is 0 Å². The number of carbonyl (C=O) groups excluding carboxylic acids is 1. The number of nitrogens with one attached hydrogen (secondary N) is 3. The van der Waals surface area contributed by atoms with Crippen molar-refractivity contribution in [1.29, 1.82) is 0 Å². The maximum absolute atomic E-state index is 11.6. The Morgan fingerprint density at radius 1 is 1.40 bits per heavy atom. The summed E-state index contributed by atoms with van der Waals surface area (Å²) >= 11 is 1.42. The quantitative estimate of drug-likeness (QED) is 0.689. The number of amides is 1. The summed E-state index contributed by atoms with van der Waals surface area (Å²) in [5, 5.41) is 9.26. The molecule has 7 heteroatoms. The molecule has 3 heterocycles. The fourth-order valence-corrected chi connectivity index (χ4v) is 2.88. The van der Waals surface area contributed by atoms with Gasteiger partial charge in [-0.1, -0.05) is 0 Å². The number of carbonyl (C=O) groups is 1. The van der Waals surface area contributed by atoms with Crippen LogP contribution in [0.5, 0.6) is 0 Å². The molecule has 0 saturated carbocycles.